The molecular formula is C19H14F4N2O2. The number of aromatic nitrogens is 2. The smallest absolute Gasteiger partial charge is 0.417 e. The van der Waals surface area contributed by atoms with Crippen LogP contribution < -0.4 is 0 Å². The van der Waals surface area contributed by atoms with Gasteiger partial charge in [-0.1, -0.05) is 18.2 Å². The van der Waals surface area contributed by atoms with E-state index >= 15 is 0 Å². The SMILES string of the molecule is Cc1c(C(=O)O)cn(Cc2ncccc2F)c1-c1ccccc1C(F)(F)F. The van der Waals surface area contributed by atoms with Crippen LogP contribution in [0.1, 0.15) is 27.2 Å². The molecule has 0 aliphatic heterocycles. The van der Waals surface area contributed by atoms with Crippen molar-refractivity contribution in [3.05, 3.63) is 77.0 Å². The van der Waals surface area contributed by atoms with Gasteiger partial charge in [0.25, 0.3) is 0 Å². The van der Waals surface area contributed by atoms with Crippen molar-refractivity contribution >= 4 is 5.97 Å². The molecule has 0 bridgehead atoms. The number of aromatic carboxylic acids is 1. The first-order valence-electron chi connectivity index (χ1n) is 7.89. The summed E-state index contributed by atoms with van der Waals surface area (Å²) in [7, 11) is 0. The van der Waals surface area contributed by atoms with E-state index in [4.69, 9.17) is 0 Å². The van der Waals surface area contributed by atoms with Gasteiger partial charge in [-0.3, -0.25) is 4.98 Å². The van der Waals surface area contributed by atoms with E-state index in [9.17, 15) is 27.5 Å². The summed E-state index contributed by atoms with van der Waals surface area (Å²) < 4.78 is 55.6. The van der Waals surface area contributed by atoms with Gasteiger partial charge in [-0.25, -0.2) is 9.18 Å². The summed E-state index contributed by atoms with van der Waals surface area (Å²) in [5.41, 5.74) is -1.01. The van der Waals surface area contributed by atoms with Crippen molar-refractivity contribution in [3.8, 4) is 11.3 Å². The van der Waals surface area contributed by atoms with Crippen molar-refractivity contribution < 1.29 is 27.5 Å². The molecule has 0 aliphatic carbocycles. The molecule has 0 saturated carbocycles. The van der Waals surface area contributed by atoms with Crippen LogP contribution in [0.25, 0.3) is 11.3 Å². The minimum atomic E-state index is -4.63. The summed E-state index contributed by atoms with van der Waals surface area (Å²) >= 11 is 0. The minimum Gasteiger partial charge on any atom is -0.478 e. The molecule has 0 fully saturated rings. The maximum atomic E-state index is 14.0. The van der Waals surface area contributed by atoms with Crippen LogP contribution in [-0.2, 0) is 12.7 Å². The fourth-order valence-corrected chi connectivity index (χ4v) is 2.99. The predicted molar refractivity (Wildman–Crippen MR) is 89.9 cm³/mol. The molecular weight excluding hydrogens is 364 g/mol. The van der Waals surface area contributed by atoms with E-state index in [0.29, 0.717) is 0 Å². The average molecular weight is 378 g/mol. The Labute approximate surface area is 151 Å². The largest absolute Gasteiger partial charge is 0.478 e. The highest BCUT2D eigenvalue weighted by atomic mass is 19.4. The van der Waals surface area contributed by atoms with Crippen molar-refractivity contribution in [1.29, 1.82) is 0 Å². The number of benzene rings is 1. The van der Waals surface area contributed by atoms with Gasteiger partial charge in [-0.05, 0) is 30.7 Å². The van der Waals surface area contributed by atoms with Crippen molar-refractivity contribution in [2.75, 3.05) is 0 Å². The first-order chi connectivity index (χ1) is 12.7. The third kappa shape index (κ3) is 3.55. The van der Waals surface area contributed by atoms with E-state index in [1.807, 2.05) is 0 Å². The fourth-order valence-electron chi connectivity index (χ4n) is 2.99. The predicted octanol–water partition coefficient (Wildman–Crippen LogP) is 4.76. The van der Waals surface area contributed by atoms with Crippen LogP contribution in [0.2, 0.25) is 0 Å². The zero-order chi connectivity index (χ0) is 19.8. The summed E-state index contributed by atoms with van der Waals surface area (Å²) in [5, 5.41) is 9.37. The number of hydrogen-bond acceptors (Lipinski definition) is 2. The number of nitrogens with zero attached hydrogens (tertiary/aromatic N) is 2. The zero-order valence-electron chi connectivity index (χ0n) is 14.1. The molecule has 4 nitrogen and oxygen atoms in total. The standard InChI is InChI=1S/C19H14F4N2O2/c1-11-13(18(26)27)9-25(10-16-15(20)7-4-8-24-16)17(11)12-5-2-3-6-14(12)19(21,22)23/h2-9H,10H2,1H3,(H,26,27). The number of rotatable bonds is 4. The Hall–Kier alpha value is -3.16. The molecule has 2 heterocycles. The number of carboxylic acids is 1. The Morgan fingerprint density at radius 3 is 2.52 bits per heavy atom. The quantitative estimate of drug-likeness (QED) is 0.666. The fraction of sp³-hybridized carbons (Fsp3) is 0.158. The van der Waals surface area contributed by atoms with Gasteiger partial charge in [0.1, 0.15) is 5.82 Å². The van der Waals surface area contributed by atoms with Gasteiger partial charge < -0.3 is 9.67 Å². The third-order valence-corrected chi connectivity index (χ3v) is 4.20. The maximum Gasteiger partial charge on any atom is 0.417 e. The molecule has 3 rings (SSSR count). The Balaban J connectivity index is 2.24. The number of halogens is 4. The van der Waals surface area contributed by atoms with Crippen molar-refractivity contribution in [2.45, 2.75) is 19.6 Å². The molecule has 0 spiro atoms. The molecule has 0 amide bonds. The summed E-state index contributed by atoms with van der Waals surface area (Å²) in [4.78, 5) is 15.4. The van der Waals surface area contributed by atoms with Crippen LogP contribution in [0.5, 0.6) is 0 Å². The number of carboxylic acid groups (broad SMARTS) is 1. The molecule has 0 aliphatic rings. The maximum absolute atomic E-state index is 14.0. The number of carbonyl (C=O) groups is 1. The molecule has 0 saturated heterocycles. The van der Waals surface area contributed by atoms with Gasteiger partial charge in [-0.15, -0.1) is 0 Å². The highest BCUT2D eigenvalue weighted by Gasteiger charge is 2.35. The monoisotopic (exact) mass is 378 g/mol. The van der Waals surface area contributed by atoms with Crippen LogP contribution in [0, 0.1) is 12.7 Å². The van der Waals surface area contributed by atoms with E-state index in [1.54, 1.807) is 0 Å². The first-order valence-corrected chi connectivity index (χ1v) is 7.89. The van der Waals surface area contributed by atoms with E-state index < -0.39 is 23.5 Å². The van der Waals surface area contributed by atoms with Gasteiger partial charge in [0.15, 0.2) is 0 Å². The van der Waals surface area contributed by atoms with Crippen molar-refractivity contribution in [1.82, 2.24) is 9.55 Å². The lowest BCUT2D eigenvalue weighted by atomic mass is 10.00. The first kappa shape index (κ1) is 18.6. The highest BCUT2D eigenvalue weighted by molar-refractivity contribution is 5.92. The van der Waals surface area contributed by atoms with Gasteiger partial charge in [-0.2, -0.15) is 13.2 Å². The minimum absolute atomic E-state index is 0.00446. The molecule has 0 unspecified atom stereocenters. The van der Waals surface area contributed by atoms with Gasteiger partial charge in [0.05, 0.1) is 29.1 Å². The lowest BCUT2D eigenvalue weighted by Gasteiger charge is -2.16. The summed E-state index contributed by atoms with van der Waals surface area (Å²) in [6, 6.07) is 7.45. The summed E-state index contributed by atoms with van der Waals surface area (Å²) in [6.07, 6.45) is -2.07. The van der Waals surface area contributed by atoms with Gasteiger partial charge >= 0.3 is 12.1 Å². The zero-order valence-corrected chi connectivity index (χ0v) is 14.1. The van der Waals surface area contributed by atoms with Crippen molar-refractivity contribution in [2.24, 2.45) is 0 Å². The number of hydrogen-bond donors (Lipinski definition) is 1. The number of pyridine rings is 1. The highest BCUT2D eigenvalue weighted by Crippen LogP contribution is 2.39. The summed E-state index contributed by atoms with van der Waals surface area (Å²) in [5.74, 6) is -1.91. The third-order valence-electron chi connectivity index (χ3n) is 4.20. The van der Waals surface area contributed by atoms with Crippen LogP contribution in [0.4, 0.5) is 17.6 Å². The second-order valence-electron chi connectivity index (χ2n) is 5.92. The second kappa shape index (κ2) is 6.86. The molecule has 140 valence electrons. The lowest BCUT2D eigenvalue weighted by molar-refractivity contribution is -0.137. The molecule has 1 N–H and O–H groups in total. The van der Waals surface area contributed by atoms with Crippen LogP contribution in [0.3, 0.4) is 0 Å². The van der Waals surface area contributed by atoms with Crippen molar-refractivity contribution in [3.63, 3.8) is 0 Å². The average Bonchev–Trinajstić information content (AvgIpc) is 2.92. The Kier molecular flexibility index (Phi) is 4.73. The molecule has 2 aromatic heterocycles. The molecule has 8 heteroatoms. The van der Waals surface area contributed by atoms with Gasteiger partial charge in [0, 0.05) is 18.0 Å². The van der Waals surface area contributed by atoms with E-state index in [2.05, 4.69) is 4.98 Å². The Bertz CT molecular complexity index is 1010. The topological polar surface area (TPSA) is 55.1 Å². The molecule has 1 aromatic carbocycles. The molecule has 0 radical (unpaired) electrons. The summed E-state index contributed by atoms with van der Waals surface area (Å²) in [6.45, 7) is 1.22. The molecule has 3 aromatic rings. The Morgan fingerprint density at radius 2 is 1.89 bits per heavy atom. The Morgan fingerprint density at radius 1 is 1.19 bits per heavy atom. The van der Waals surface area contributed by atoms with Crippen LogP contribution >= 0.6 is 0 Å². The molecule has 27 heavy (non-hydrogen) atoms. The lowest BCUT2D eigenvalue weighted by Crippen LogP contribution is -2.10. The molecule has 0 atom stereocenters. The van der Waals surface area contributed by atoms with Gasteiger partial charge in [0.2, 0.25) is 0 Å². The second-order valence-corrected chi connectivity index (χ2v) is 5.92. The van der Waals surface area contributed by atoms with E-state index in [0.717, 1.165) is 6.07 Å². The van der Waals surface area contributed by atoms with Crippen LogP contribution in [0.15, 0.2) is 48.8 Å². The van der Waals surface area contributed by atoms with Crippen LogP contribution in [-0.4, -0.2) is 20.6 Å². The van der Waals surface area contributed by atoms with E-state index in [-0.39, 0.29) is 34.6 Å². The number of alkyl halides is 3. The normalized spacial score (nSPS) is 11.6. The van der Waals surface area contributed by atoms with E-state index in [1.165, 1.54) is 54.2 Å².